The predicted octanol–water partition coefficient (Wildman–Crippen LogP) is 3.93. The first kappa shape index (κ1) is 17.6. The minimum absolute atomic E-state index is 0.0381. The van der Waals surface area contributed by atoms with Gasteiger partial charge in [-0.1, -0.05) is 17.4 Å². The highest BCUT2D eigenvalue weighted by molar-refractivity contribution is 7.90. The number of nitrogens with zero attached hydrogens (tertiary/aromatic N) is 2. The van der Waals surface area contributed by atoms with Crippen LogP contribution in [0.1, 0.15) is 11.1 Å². The maximum atomic E-state index is 13.0. The summed E-state index contributed by atoms with van der Waals surface area (Å²) in [5.74, 6) is -0.492. The van der Waals surface area contributed by atoms with Crippen molar-refractivity contribution in [1.82, 2.24) is 4.57 Å². The Labute approximate surface area is 149 Å². The van der Waals surface area contributed by atoms with Gasteiger partial charge in [-0.15, -0.1) is 11.0 Å². The fourth-order valence-electron chi connectivity index (χ4n) is 2.46. The van der Waals surface area contributed by atoms with Crippen molar-refractivity contribution in [2.45, 2.75) is 25.3 Å². The Kier molecular flexibility index (Phi) is 4.62. The highest BCUT2D eigenvalue weighted by Gasteiger charge is 2.15. The van der Waals surface area contributed by atoms with Gasteiger partial charge < -0.3 is 4.57 Å². The highest BCUT2D eigenvalue weighted by Crippen LogP contribution is 2.22. The first-order valence-electron chi connectivity index (χ1n) is 7.60. The van der Waals surface area contributed by atoms with Crippen LogP contribution < -0.4 is 4.80 Å². The first-order chi connectivity index (χ1) is 11.8. The summed E-state index contributed by atoms with van der Waals surface area (Å²) in [4.78, 5) is 0.327. The number of aryl methyl sites for hydroxylation is 2. The molecule has 2 aromatic carbocycles. The lowest BCUT2D eigenvalue weighted by Crippen LogP contribution is -2.16. The second-order valence-electron chi connectivity index (χ2n) is 5.71. The van der Waals surface area contributed by atoms with E-state index >= 15 is 0 Å². The molecule has 130 valence electrons. The van der Waals surface area contributed by atoms with Crippen molar-refractivity contribution in [3.8, 4) is 0 Å². The number of hydrogen-bond acceptors (Lipinski definition) is 3. The zero-order chi connectivity index (χ0) is 18.2. The largest absolute Gasteiger partial charge is 0.312 e. The maximum Gasteiger partial charge on any atom is 0.285 e. The lowest BCUT2D eigenvalue weighted by Gasteiger charge is -2.04. The van der Waals surface area contributed by atoms with E-state index in [1.807, 2.05) is 30.5 Å². The molecule has 0 unspecified atom stereocenters. The van der Waals surface area contributed by atoms with Gasteiger partial charge in [0.05, 0.1) is 15.1 Å². The number of fused-ring (bicyclic) bond motifs is 1. The summed E-state index contributed by atoms with van der Waals surface area (Å²) in [5.41, 5.74) is 3.17. The summed E-state index contributed by atoms with van der Waals surface area (Å²) in [6.45, 7) is 8.21. The third-order valence-electron chi connectivity index (χ3n) is 3.92. The number of hydrogen-bond donors (Lipinski definition) is 0. The van der Waals surface area contributed by atoms with Gasteiger partial charge in [-0.05, 0) is 61.4 Å². The topological polar surface area (TPSA) is 51.4 Å². The fourth-order valence-corrected chi connectivity index (χ4v) is 4.78. The van der Waals surface area contributed by atoms with Gasteiger partial charge in [-0.3, -0.25) is 0 Å². The SMILES string of the molecule is C=CCn1/c(=N/S(=O)(=O)c2ccc(F)cc2)sc2cc(C)c(C)cc21. The molecule has 1 aromatic heterocycles. The Morgan fingerprint density at radius 2 is 1.84 bits per heavy atom. The molecule has 0 bridgehead atoms. The molecule has 0 N–H and O–H groups in total. The van der Waals surface area contributed by atoms with Crippen LogP contribution in [-0.2, 0) is 16.6 Å². The van der Waals surface area contributed by atoms with Crippen molar-refractivity contribution < 1.29 is 12.8 Å². The van der Waals surface area contributed by atoms with Gasteiger partial charge in [0.15, 0.2) is 0 Å². The van der Waals surface area contributed by atoms with Crippen molar-refractivity contribution in [2.75, 3.05) is 0 Å². The molecule has 1 heterocycles. The minimum Gasteiger partial charge on any atom is -0.312 e. The van der Waals surface area contributed by atoms with E-state index in [4.69, 9.17) is 0 Å². The smallest absolute Gasteiger partial charge is 0.285 e. The summed E-state index contributed by atoms with van der Waals surface area (Å²) >= 11 is 1.31. The van der Waals surface area contributed by atoms with E-state index in [9.17, 15) is 12.8 Å². The number of rotatable bonds is 4. The highest BCUT2D eigenvalue weighted by atomic mass is 32.2. The monoisotopic (exact) mass is 376 g/mol. The van der Waals surface area contributed by atoms with Crippen molar-refractivity contribution in [2.24, 2.45) is 4.40 Å². The average Bonchev–Trinajstić information content (AvgIpc) is 2.85. The molecular formula is C18H17FN2O2S2. The maximum absolute atomic E-state index is 13.0. The lowest BCUT2D eigenvalue weighted by molar-refractivity contribution is 0.594. The van der Waals surface area contributed by atoms with E-state index in [1.54, 1.807) is 6.08 Å². The Morgan fingerprint density at radius 3 is 2.48 bits per heavy atom. The molecule has 0 aliphatic carbocycles. The normalized spacial score (nSPS) is 12.7. The quantitative estimate of drug-likeness (QED) is 0.648. The van der Waals surface area contributed by atoms with Crippen LogP contribution in [-0.4, -0.2) is 13.0 Å². The molecule has 0 atom stereocenters. The second-order valence-corrected chi connectivity index (χ2v) is 8.32. The third kappa shape index (κ3) is 3.43. The van der Waals surface area contributed by atoms with Gasteiger partial charge >= 0.3 is 0 Å². The summed E-state index contributed by atoms with van der Waals surface area (Å²) in [6.07, 6.45) is 1.70. The number of benzene rings is 2. The van der Waals surface area contributed by atoms with Gasteiger partial charge in [0.1, 0.15) is 5.82 Å². The minimum atomic E-state index is -3.93. The van der Waals surface area contributed by atoms with Crippen LogP contribution in [0.25, 0.3) is 10.2 Å². The zero-order valence-electron chi connectivity index (χ0n) is 13.9. The predicted molar refractivity (Wildman–Crippen MR) is 98.6 cm³/mol. The van der Waals surface area contributed by atoms with Crippen molar-refractivity contribution in [1.29, 1.82) is 0 Å². The van der Waals surface area contributed by atoms with Crippen LogP contribution in [0.4, 0.5) is 4.39 Å². The van der Waals surface area contributed by atoms with E-state index < -0.39 is 15.8 Å². The summed E-state index contributed by atoms with van der Waals surface area (Å²) < 4.78 is 44.9. The third-order valence-corrected chi connectivity index (χ3v) is 6.36. The first-order valence-corrected chi connectivity index (χ1v) is 9.85. The Hall–Kier alpha value is -2.25. The van der Waals surface area contributed by atoms with Crippen LogP contribution in [0.2, 0.25) is 0 Å². The number of halogens is 1. The molecule has 0 spiro atoms. The molecular weight excluding hydrogens is 359 g/mol. The van der Waals surface area contributed by atoms with Crippen molar-refractivity contribution in [3.63, 3.8) is 0 Å². The van der Waals surface area contributed by atoms with Crippen molar-refractivity contribution >= 4 is 31.6 Å². The van der Waals surface area contributed by atoms with E-state index in [0.717, 1.165) is 33.5 Å². The van der Waals surface area contributed by atoms with Crippen LogP contribution >= 0.6 is 11.3 Å². The standard InChI is InChI=1S/C18H17FN2O2S2/c1-4-9-21-16-10-12(2)13(3)11-17(16)24-18(21)20-25(22,23)15-7-5-14(19)6-8-15/h4-8,10-11H,1,9H2,2-3H3/b20-18-. The summed E-state index contributed by atoms with van der Waals surface area (Å²) in [5, 5.41) is 0. The van der Waals surface area contributed by atoms with Gasteiger partial charge in [0.25, 0.3) is 10.0 Å². The summed E-state index contributed by atoms with van der Waals surface area (Å²) in [7, 11) is -3.93. The van der Waals surface area contributed by atoms with Crippen LogP contribution in [0.5, 0.6) is 0 Å². The Bertz CT molecular complexity index is 1120. The van der Waals surface area contributed by atoms with E-state index in [2.05, 4.69) is 11.0 Å². The molecule has 7 heteroatoms. The van der Waals surface area contributed by atoms with Crippen LogP contribution in [0.3, 0.4) is 0 Å². The van der Waals surface area contributed by atoms with Gasteiger partial charge in [-0.2, -0.15) is 8.42 Å². The Morgan fingerprint density at radius 1 is 1.20 bits per heavy atom. The van der Waals surface area contributed by atoms with Crippen LogP contribution in [0, 0.1) is 19.7 Å². The number of thiazole rings is 1. The molecule has 0 amide bonds. The number of aromatic nitrogens is 1. The average molecular weight is 376 g/mol. The van der Waals surface area contributed by atoms with Crippen LogP contribution in [0.15, 0.2) is 58.3 Å². The molecule has 4 nitrogen and oxygen atoms in total. The van der Waals surface area contributed by atoms with E-state index in [0.29, 0.717) is 11.3 Å². The zero-order valence-corrected chi connectivity index (χ0v) is 15.5. The molecule has 3 rings (SSSR count). The fraction of sp³-hybridized carbons (Fsp3) is 0.167. The molecule has 0 saturated heterocycles. The molecule has 0 radical (unpaired) electrons. The number of allylic oxidation sites excluding steroid dienone is 1. The van der Waals surface area contributed by atoms with E-state index in [-0.39, 0.29) is 4.90 Å². The van der Waals surface area contributed by atoms with E-state index in [1.165, 1.54) is 23.5 Å². The molecule has 3 aromatic rings. The molecule has 0 aliphatic rings. The van der Waals surface area contributed by atoms with Gasteiger partial charge in [0.2, 0.25) is 4.80 Å². The Balaban J connectivity index is 2.26. The summed E-state index contributed by atoms with van der Waals surface area (Å²) in [6, 6.07) is 8.70. The second kappa shape index (κ2) is 6.57. The molecule has 0 aliphatic heterocycles. The molecule has 25 heavy (non-hydrogen) atoms. The van der Waals surface area contributed by atoms with Gasteiger partial charge in [-0.25, -0.2) is 4.39 Å². The van der Waals surface area contributed by atoms with Gasteiger partial charge in [0, 0.05) is 6.54 Å². The molecule has 0 fully saturated rings. The van der Waals surface area contributed by atoms with Crippen molar-refractivity contribution in [3.05, 3.63) is 70.8 Å². The number of sulfonamides is 1. The lowest BCUT2D eigenvalue weighted by atomic mass is 10.1. The molecule has 0 saturated carbocycles.